The molecule has 0 bridgehead atoms. The number of carbonyl (C=O) groups is 3. The van der Waals surface area contributed by atoms with E-state index in [1.807, 2.05) is 34.9 Å². The molecule has 0 aromatic heterocycles. The van der Waals surface area contributed by atoms with Gasteiger partial charge in [-0.2, -0.15) is 11.8 Å². The van der Waals surface area contributed by atoms with E-state index in [1.54, 1.807) is 4.90 Å². The van der Waals surface area contributed by atoms with E-state index >= 15 is 0 Å². The molecule has 3 aliphatic rings. The number of anilines is 2. The van der Waals surface area contributed by atoms with Gasteiger partial charge in [0.15, 0.2) is 0 Å². The Hall–Kier alpha value is -2.22. The third kappa shape index (κ3) is 5.48. The van der Waals surface area contributed by atoms with E-state index < -0.39 is 0 Å². The van der Waals surface area contributed by atoms with Gasteiger partial charge in [0.25, 0.3) is 5.91 Å². The van der Waals surface area contributed by atoms with Crippen LogP contribution < -0.4 is 15.1 Å². The van der Waals surface area contributed by atoms with Gasteiger partial charge in [0.05, 0.1) is 11.4 Å². The first kappa shape index (κ1) is 23.9. The Morgan fingerprint density at radius 2 is 1.85 bits per heavy atom. The van der Waals surface area contributed by atoms with Crippen molar-refractivity contribution < 1.29 is 14.4 Å². The van der Waals surface area contributed by atoms with E-state index in [9.17, 15) is 14.4 Å². The topological polar surface area (TPSA) is 73.0 Å². The molecule has 1 aromatic carbocycles. The summed E-state index contributed by atoms with van der Waals surface area (Å²) in [5.74, 6) is 2.01. The van der Waals surface area contributed by atoms with Crippen molar-refractivity contribution in [2.75, 3.05) is 54.0 Å². The molecule has 4 rings (SSSR count). The highest BCUT2D eigenvalue weighted by molar-refractivity contribution is 7.99. The van der Waals surface area contributed by atoms with Crippen LogP contribution in [0.4, 0.5) is 11.4 Å². The van der Waals surface area contributed by atoms with Crippen molar-refractivity contribution in [3.8, 4) is 0 Å². The Labute approximate surface area is 201 Å². The predicted molar refractivity (Wildman–Crippen MR) is 134 cm³/mol. The quantitative estimate of drug-likeness (QED) is 0.559. The molecule has 3 amide bonds. The van der Waals surface area contributed by atoms with Crippen LogP contribution in [0.25, 0.3) is 0 Å². The van der Waals surface area contributed by atoms with E-state index in [2.05, 4.69) is 17.1 Å². The molecule has 0 radical (unpaired) electrons. The minimum absolute atomic E-state index is 0.000363. The third-order valence-electron chi connectivity index (χ3n) is 6.71. The molecule has 3 heterocycles. The maximum absolute atomic E-state index is 13.4. The molecule has 7 nitrogen and oxygen atoms in total. The molecular weight excluding hydrogens is 436 g/mol. The maximum Gasteiger partial charge on any atom is 0.253 e. The van der Waals surface area contributed by atoms with Crippen LogP contribution in [0.3, 0.4) is 0 Å². The number of nitrogens with one attached hydrogen (secondary N) is 1. The molecule has 0 aliphatic carbocycles. The number of piperidine rings is 1. The SMILES string of the molecule is CCCSCCCNC(=O)CN1C(=O)[C@H]2CCCCN2c2ccc(C(=O)N3CCCC3)cc21. The minimum Gasteiger partial charge on any atom is -0.358 e. The van der Waals surface area contributed by atoms with Gasteiger partial charge in [-0.25, -0.2) is 0 Å². The maximum atomic E-state index is 13.4. The third-order valence-corrected chi connectivity index (χ3v) is 7.98. The van der Waals surface area contributed by atoms with E-state index in [4.69, 9.17) is 0 Å². The van der Waals surface area contributed by atoms with Crippen LogP contribution in [-0.2, 0) is 9.59 Å². The fourth-order valence-corrected chi connectivity index (χ4v) is 5.85. The zero-order chi connectivity index (χ0) is 23.2. The Bertz CT molecular complexity index is 871. The lowest BCUT2D eigenvalue weighted by Gasteiger charge is -2.45. The Morgan fingerprint density at radius 3 is 2.64 bits per heavy atom. The van der Waals surface area contributed by atoms with Crippen LogP contribution in [0.15, 0.2) is 18.2 Å². The lowest BCUT2D eigenvalue weighted by atomic mass is 9.95. The number of thioether (sulfide) groups is 1. The van der Waals surface area contributed by atoms with Gasteiger partial charge in [-0.05, 0) is 74.7 Å². The van der Waals surface area contributed by atoms with Gasteiger partial charge in [-0.3, -0.25) is 19.3 Å². The number of amides is 3. The lowest BCUT2D eigenvalue weighted by molar-refractivity contribution is -0.124. The molecule has 1 N–H and O–H groups in total. The van der Waals surface area contributed by atoms with Crippen LogP contribution in [-0.4, -0.2) is 72.9 Å². The lowest BCUT2D eigenvalue weighted by Crippen LogP contribution is -2.57. The first-order chi connectivity index (χ1) is 16.1. The summed E-state index contributed by atoms with van der Waals surface area (Å²) in [6.07, 6.45) is 7.03. The molecule has 0 unspecified atom stereocenters. The second kappa shape index (κ2) is 11.3. The van der Waals surface area contributed by atoms with Crippen LogP contribution >= 0.6 is 11.8 Å². The zero-order valence-corrected chi connectivity index (χ0v) is 20.5. The van der Waals surface area contributed by atoms with Crippen LogP contribution in [0.5, 0.6) is 0 Å². The second-order valence-corrected chi connectivity index (χ2v) is 10.4. The second-order valence-electron chi connectivity index (χ2n) is 9.15. The molecule has 3 aliphatic heterocycles. The average molecular weight is 473 g/mol. The van der Waals surface area contributed by atoms with Gasteiger partial charge in [0.1, 0.15) is 12.6 Å². The average Bonchev–Trinajstić information content (AvgIpc) is 3.38. The highest BCUT2D eigenvalue weighted by Crippen LogP contribution is 2.40. The Kier molecular flexibility index (Phi) is 8.17. The summed E-state index contributed by atoms with van der Waals surface area (Å²) in [5, 5.41) is 2.98. The first-order valence-electron chi connectivity index (χ1n) is 12.5. The molecule has 8 heteroatoms. The number of likely N-dealkylation sites (tertiary alicyclic amines) is 1. The molecule has 0 saturated carbocycles. The number of hydrogen-bond donors (Lipinski definition) is 1. The summed E-state index contributed by atoms with van der Waals surface area (Å²) < 4.78 is 0. The van der Waals surface area contributed by atoms with Gasteiger partial charge >= 0.3 is 0 Å². The number of nitrogens with zero attached hydrogens (tertiary/aromatic N) is 3. The van der Waals surface area contributed by atoms with Gasteiger partial charge in [0.2, 0.25) is 11.8 Å². The number of benzene rings is 1. The van der Waals surface area contributed by atoms with E-state index in [0.29, 0.717) is 17.8 Å². The smallest absolute Gasteiger partial charge is 0.253 e. The van der Waals surface area contributed by atoms with Crippen molar-refractivity contribution in [3.63, 3.8) is 0 Å². The van der Waals surface area contributed by atoms with Gasteiger partial charge < -0.3 is 15.1 Å². The normalized spacial score (nSPS) is 20.0. The van der Waals surface area contributed by atoms with E-state index in [0.717, 1.165) is 81.8 Å². The summed E-state index contributed by atoms with van der Waals surface area (Å²) in [6.45, 7) is 5.18. The number of fused-ring (bicyclic) bond motifs is 3. The molecule has 2 fully saturated rings. The van der Waals surface area contributed by atoms with Gasteiger partial charge in [-0.1, -0.05) is 6.92 Å². The number of carbonyl (C=O) groups excluding carboxylic acids is 3. The number of hydrogen-bond acceptors (Lipinski definition) is 5. The van der Waals surface area contributed by atoms with Gasteiger partial charge in [0, 0.05) is 31.7 Å². The predicted octanol–water partition coefficient (Wildman–Crippen LogP) is 3.28. The fraction of sp³-hybridized carbons (Fsp3) is 0.640. The van der Waals surface area contributed by atoms with Crippen molar-refractivity contribution in [1.29, 1.82) is 0 Å². The largest absolute Gasteiger partial charge is 0.358 e. The first-order valence-corrected chi connectivity index (χ1v) is 13.6. The van der Waals surface area contributed by atoms with Crippen molar-refractivity contribution in [2.24, 2.45) is 0 Å². The highest BCUT2D eigenvalue weighted by Gasteiger charge is 2.40. The highest BCUT2D eigenvalue weighted by atomic mass is 32.2. The van der Waals surface area contributed by atoms with Crippen molar-refractivity contribution in [1.82, 2.24) is 10.2 Å². The summed E-state index contributed by atoms with van der Waals surface area (Å²) >= 11 is 1.90. The van der Waals surface area contributed by atoms with Crippen LogP contribution in [0.1, 0.15) is 62.2 Å². The molecule has 0 spiro atoms. The molecule has 180 valence electrons. The van der Waals surface area contributed by atoms with Crippen molar-refractivity contribution in [3.05, 3.63) is 23.8 Å². The molecule has 2 saturated heterocycles. The van der Waals surface area contributed by atoms with Crippen molar-refractivity contribution in [2.45, 2.75) is 57.9 Å². The standard InChI is InChI=1S/C25H36N4O3S/c1-2-15-33-16-7-11-26-23(30)18-29-22-17-19(24(31)27-12-5-6-13-27)9-10-20(22)28-14-4-3-8-21(28)25(29)32/h9-10,17,21H,2-8,11-16,18H2,1H3,(H,26,30)/t21-/m1/s1. The summed E-state index contributed by atoms with van der Waals surface area (Å²) in [6, 6.07) is 5.46. The number of rotatable bonds is 9. The minimum atomic E-state index is -0.218. The van der Waals surface area contributed by atoms with E-state index in [-0.39, 0.29) is 30.3 Å². The van der Waals surface area contributed by atoms with E-state index in [1.165, 1.54) is 0 Å². The van der Waals surface area contributed by atoms with Crippen LogP contribution in [0, 0.1) is 0 Å². The van der Waals surface area contributed by atoms with Crippen LogP contribution in [0.2, 0.25) is 0 Å². The van der Waals surface area contributed by atoms with Gasteiger partial charge in [-0.15, -0.1) is 0 Å². The summed E-state index contributed by atoms with van der Waals surface area (Å²) in [5.41, 5.74) is 2.25. The molecule has 1 atom stereocenters. The summed E-state index contributed by atoms with van der Waals surface area (Å²) in [7, 11) is 0. The zero-order valence-electron chi connectivity index (χ0n) is 19.7. The molecular formula is C25H36N4O3S. The molecule has 33 heavy (non-hydrogen) atoms. The van der Waals surface area contributed by atoms with Crippen molar-refractivity contribution >= 4 is 40.9 Å². The monoisotopic (exact) mass is 472 g/mol. The summed E-state index contributed by atoms with van der Waals surface area (Å²) in [4.78, 5) is 44.9. The Balaban J connectivity index is 1.51. The fourth-order valence-electron chi connectivity index (χ4n) is 5.00. The molecule has 1 aromatic rings. The Morgan fingerprint density at radius 1 is 1.06 bits per heavy atom.